The van der Waals surface area contributed by atoms with Crippen molar-refractivity contribution in [2.45, 2.75) is 26.3 Å². The fraction of sp³-hybridized carbons (Fsp3) is 0.650. The number of hydrogen-bond donors (Lipinski definition) is 1. The van der Waals surface area contributed by atoms with Gasteiger partial charge in [-0.15, -0.1) is 0 Å². The second kappa shape index (κ2) is 9.24. The molecule has 28 heavy (non-hydrogen) atoms. The summed E-state index contributed by atoms with van der Waals surface area (Å²) in [6, 6.07) is 8.34. The number of sulfonamides is 1. The van der Waals surface area contributed by atoms with Gasteiger partial charge in [0.05, 0.1) is 11.7 Å². The number of nitrogens with zero attached hydrogens (tertiary/aromatic N) is 3. The Bertz CT molecular complexity index is 758. The molecular weight excluding hydrogens is 376 g/mol. The van der Waals surface area contributed by atoms with Gasteiger partial charge in [0.1, 0.15) is 0 Å². The molecular formula is C20H32N4O3S. The number of benzene rings is 1. The number of rotatable bonds is 6. The molecule has 2 saturated heterocycles. The Balaban J connectivity index is 1.50. The zero-order valence-electron chi connectivity index (χ0n) is 16.9. The molecule has 0 saturated carbocycles. The van der Waals surface area contributed by atoms with E-state index >= 15 is 0 Å². The van der Waals surface area contributed by atoms with E-state index < -0.39 is 10.0 Å². The van der Waals surface area contributed by atoms with Crippen LogP contribution in [0.2, 0.25) is 0 Å². The molecule has 7 nitrogen and oxygen atoms in total. The van der Waals surface area contributed by atoms with E-state index in [1.54, 1.807) is 6.92 Å². The average Bonchev–Trinajstić information content (AvgIpc) is 2.73. The molecule has 8 heteroatoms. The number of piperidine rings is 1. The summed E-state index contributed by atoms with van der Waals surface area (Å²) in [6.45, 7) is 7.15. The molecule has 156 valence electrons. The first kappa shape index (κ1) is 21.1. The quantitative estimate of drug-likeness (QED) is 0.764. The van der Waals surface area contributed by atoms with Crippen LogP contribution in [0.15, 0.2) is 24.3 Å². The van der Waals surface area contributed by atoms with Crippen molar-refractivity contribution < 1.29 is 13.2 Å². The van der Waals surface area contributed by atoms with Gasteiger partial charge in [-0.05, 0) is 44.5 Å². The van der Waals surface area contributed by atoms with Gasteiger partial charge in [0.25, 0.3) is 0 Å². The van der Waals surface area contributed by atoms with Gasteiger partial charge in [0, 0.05) is 51.5 Å². The summed E-state index contributed by atoms with van der Waals surface area (Å²) in [6.07, 6.45) is 1.47. The lowest BCUT2D eigenvalue weighted by Gasteiger charge is -2.34. The Kier molecular flexibility index (Phi) is 6.95. The Morgan fingerprint density at radius 1 is 1.11 bits per heavy atom. The van der Waals surface area contributed by atoms with Gasteiger partial charge in [-0.2, -0.15) is 0 Å². The summed E-state index contributed by atoms with van der Waals surface area (Å²) in [7, 11) is -1.08. The maximum Gasteiger partial charge on any atom is 0.224 e. The van der Waals surface area contributed by atoms with Crippen LogP contribution in [-0.4, -0.2) is 75.6 Å². The van der Waals surface area contributed by atoms with Crippen molar-refractivity contribution in [3.63, 3.8) is 0 Å². The number of carbonyl (C=O) groups is 1. The lowest BCUT2D eigenvalue weighted by atomic mass is 9.98. The summed E-state index contributed by atoms with van der Waals surface area (Å²) >= 11 is 0. The van der Waals surface area contributed by atoms with E-state index in [-0.39, 0.29) is 17.6 Å². The smallest absolute Gasteiger partial charge is 0.224 e. The number of carbonyl (C=O) groups excluding carboxylic acids is 1. The first-order valence-electron chi connectivity index (χ1n) is 10.2. The molecule has 2 aliphatic rings. The summed E-state index contributed by atoms with van der Waals surface area (Å²) in [5, 5.41) is 2.98. The van der Waals surface area contributed by atoms with Crippen molar-refractivity contribution in [1.29, 1.82) is 0 Å². The molecule has 1 aromatic carbocycles. The summed E-state index contributed by atoms with van der Waals surface area (Å²) in [5.41, 5.74) is 2.27. The maximum atomic E-state index is 12.5. The SMILES string of the molecule is CCS(=O)(=O)N1CCC[C@H](C(=O)NCc2ccc(N3CCN(C)CC3)cc2)C1. The van der Waals surface area contributed by atoms with Crippen LogP contribution in [-0.2, 0) is 21.4 Å². The van der Waals surface area contributed by atoms with Crippen LogP contribution in [0.5, 0.6) is 0 Å². The molecule has 0 unspecified atom stereocenters. The van der Waals surface area contributed by atoms with E-state index in [2.05, 4.69) is 46.4 Å². The lowest BCUT2D eigenvalue weighted by Crippen LogP contribution is -2.45. The molecule has 0 aromatic heterocycles. The minimum absolute atomic E-state index is 0.0563. The molecule has 1 atom stereocenters. The summed E-state index contributed by atoms with van der Waals surface area (Å²) < 4.78 is 25.6. The minimum atomic E-state index is -3.23. The highest BCUT2D eigenvalue weighted by atomic mass is 32.2. The largest absolute Gasteiger partial charge is 0.369 e. The van der Waals surface area contributed by atoms with E-state index in [0.717, 1.165) is 44.6 Å². The minimum Gasteiger partial charge on any atom is -0.369 e. The van der Waals surface area contributed by atoms with E-state index in [9.17, 15) is 13.2 Å². The van der Waals surface area contributed by atoms with Gasteiger partial charge in [0.15, 0.2) is 0 Å². The molecule has 2 heterocycles. The maximum absolute atomic E-state index is 12.5. The number of nitrogens with one attached hydrogen (secondary N) is 1. The third-order valence-corrected chi connectivity index (χ3v) is 7.63. The molecule has 2 aliphatic heterocycles. The number of likely N-dealkylation sites (N-methyl/N-ethyl adjacent to an activating group) is 1. The van der Waals surface area contributed by atoms with E-state index in [1.807, 2.05) is 0 Å². The average molecular weight is 409 g/mol. The first-order valence-corrected chi connectivity index (χ1v) is 11.8. The summed E-state index contributed by atoms with van der Waals surface area (Å²) in [4.78, 5) is 17.2. The molecule has 1 N–H and O–H groups in total. The number of hydrogen-bond acceptors (Lipinski definition) is 5. The van der Waals surface area contributed by atoms with Crippen molar-refractivity contribution in [3.05, 3.63) is 29.8 Å². The molecule has 1 aromatic rings. The van der Waals surface area contributed by atoms with Gasteiger partial charge in [0.2, 0.25) is 15.9 Å². The van der Waals surface area contributed by atoms with Crippen LogP contribution in [0.1, 0.15) is 25.3 Å². The van der Waals surface area contributed by atoms with Crippen LogP contribution < -0.4 is 10.2 Å². The second-order valence-corrected chi connectivity index (χ2v) is 10.0. The van der Waals surface area contributed by atoms with Crippen molar-refractivity contribution in [1.82, 2.24) is 14.5 Å². The van der Waals surface area contributed by atoms with Crippen LogP contribution in [0.3, 0.4) is 0 Å². The second-order valence-electron chi connectivity index (χ2n) is 7.77. The Morgan fingerprint density at radius 2 is 1.79 bits per heavy atom. The zero-order chi connectivity index (χ0) is 20.1. The van der Waals surface area contributed by atoms with E-state index in [4.69, 9.17) is 0 Å². The normalized spacial score (nSPS) is 22.2. The fourth-order valence-corrected chi connectivity index (χ4v) is 4.99. The van der Waals surface area contributed by atoms with Gasteiger partial charge in [-0.25, -0.2) is 12.7 Å². The molecule has 3 rings (SSSR count). The Labute approximate surface area is 168 Å². The third-order valence-electron chi connectivity index (χ3n) is 5.78. The predicted octanol–water partition coefficient (Wildman–Crippen LogP) is 1.12. The third kappa shape index (κ3) is 5.24. The number of amides is 1. The topological polar surface area (TPSA) is 73.0 Å². The fourth-order valence-electron chi connectivity index (χ4n) is 3.81. The highest BCUT2D eigenvalue weighted by Crippen LogP contribution is 2.20. The zero-order valence-corrected chi connectivity index (χ0v) is 17.7. The standard InChI is InChI=1S/C20H32N4O3S/c1-3-28(26,27)24-10-4-5-18(16-24)20(25)21-15-17-6-8-19(9-7-17)23-13-11-22(2)12-14-23/h6-9,18H,3-5,10-16H2,1-2H3,(H,21,25)/t18-/m0/s1. The highest BCUT2D eigenvalue weighted by molar-refractivity contribution is 7.89. The molecule has 2 fully saturated rings. The molecule has 0 bridgehead atoms. The highest BCUT2D eigenvalue weighted by Gasteiger charge is 2.31. The van der Waals surface area contributed by atoms with Crippen LogP contribution >= 0.6 is 0 Å². The Hall–Kier alpha value is -1.64. The van der Waals surface area contributed by atoms with Gasteiger partial charge >= 0.3 is 0 Å². The molecule has 1 amide bonds. The Morgan fingerprint density at radius 3 is 2.43 bits per heavy atom. The van der Waals surface area contributed by atoms with Crippen LogP contribution in [0, 0.1) is 5.92 Å². The summed E-state index contributed by atoms with van der Waals surface area (Å²) in [5.74, 6) is -0.236. The van der Waals surface area contributed by atoms with Crippen LogP contribution in [0.4, 0.5) is 5.69 Å². The van der Waals surface area contributed by atoms with Gasteiger partial charge in [-0.1, -0.05) is 12.1 Å². The molecule has 0 spiro atoms. The van der Waals surface area contributed by atoms with Crippen molar-refractivity contribution in [3.8, 4) is 0 Å². The van der Waals surface area contributed by atoms with E-state index in [1.165, 1.54) is 9.99 Å². The number of piperazine rings is 1. The van der Waals surface area contributed by atoms with Crippen molar-refractivity contribution in [2.24, 2.45) is 5.92 Å². The van der Waals surface area contributed by atoms with Gasteiger partial charge in [-0.3, -0.25) is 4.79 Å². The molecule has 0 radical (unpaired) electrons. The van der Waals surface area contributed by atoms with Crippen molar-refractivity contribution in [2.75, 3.05) is 57.0 Å². The lowest BCUT2D eigenvalue weighted by molar-refractivity contribution is -0.126. The molecule has 0 aliphatic carbocycles. The number of anilines is 1. The van der Waals surface area contributed by atoms with Gasteiger partial charge < -0.3 is 15.1 Å². The predicted molar refractivity (Wildman–Crippen MR) is 112 cm³/mol. The van der Waals surface area contributed by atoms with E-state index in [0.29, 0.717) is 19.6 Å². The van der Waals surface area contributed by atoms with Crippen LogP contribution in [0.25, 0.3) is 0 Å². The first-order chi connectivity index (χ1) is 13.4. The van der Waals surface area contributed by atoms with Crippen molar-refractivity contribution >= 4 is 21.6 Å². The monoisotopic (exact) mass is 408 g/mol.